The van der Waals surface area contributed by atoms with Gasteiger partial charge in [-0.15, -0.1) is 0 Å². The number of amides is 1. The minimum absolute atomic E-state index is 0.0228. The van der Waals surface area contributed by atoms with Gasteiger partial charge in [0.15, 0.2) is 0 Å². The summed E-state index contributed by atoms with van der Waals surface area (Å²) >= 11 is 0. The lowest BCUT2D eigenvalue weighted by Gasteiger charge is -2.36. The smallest absolute Gasteiger partial charge is 0.281 e. The predicted octanol–water partition coefficient (Wildman–Crippen LogP) is 0.107. The Kier molecular flexibility index (Phi) is 6.82. The van der Waals surface area contributed by atoms with E-state index in [0.717, 1.165) is 38.6 Å². The molecule has 0 bridgehead atoms. The van der Waals surface area contributed by atoms with Crippen molar-refractivity contribution in [2.75, 3.05) is 53.4 Å². The third-order valence-corrected chi connectivity index (χ3v) is 6.58. The zero-order valence-electron chi connectivity index (χ0n) is 14.3. The molecule has 23 heavy (non-hydrogen) atoms. The molecule has 2 saturated heterocycles. The highest BCUT2D eigenvalue weighted by Gasteiger charge is 2.36. The van der Waals surface area contributed by atoms with Crippen molar-refractivity contribution in [1.82, 2.24) is 18.8 Å². The molecule has 0 aromatic heterocycles. The van der Waals surface area contributed by atoms with E-state index in [0.29, 0.717) is 32.7 Å². The summed E-state index contributed by atoms with van der Waals surface area (Å²) < 4.78 is 28.5. The molecule has 2 heterocycles. The third kappa shape index (κ3) is 5.14. The molecule has 2 aliphatic rings. The van der Waals surface area contributed by atoms with Crippen LogP contribution in [0.2, 0.25) is 0 Å². The number of nitrogens with zero attached hydrogens (tertiary/aromatic N) is 3. The molecular formula is C15H30N4O3S. The maximum absolute atomic E-state index is 12.7. The highest BCUT2D eigenvalue weighted by atomic mass is 32.2. The van der Waals surface area contributed by atoms with Crippen LogP contribution in [-0.2, 0) is 15.0 Å². The Morgan fingerprint density at radius 1 is 1.09 bits per heavy atom. The summed E-state index contributed by atoms with van der Waals surface area (Å²) in [6.45, 7) is 3.44. The Hall–Kier alpha value is -0.700. The average Bonchev–Trinajstić information content (AvgIpc) is 2.55. The van der Waals surface area contributed by atoms with Crippen molar-refractivity contribution in [2.45, 2.75) is 32.1 Å². The molecule has 8 heteroatoms. The van der Waals surface area contributed by atoms with E-state index < -0.39 is 10.2 Å². The first kappa shape index (κ1) is 18.6. The molecule has 0 aromatic carbocycles. The van der Waals surface area contributed by atoms with Crippen LogP contribution in [0.15, 0.2) is 0 Å². The molecule has 1 amide bonds. The fourth-order valence-electron chi connectivity index (χ4n) is 3.17. The van der Waals surface area contributed by atoms with Gasteiger partial charge in [0.25, 0.3) is 10.2 Å². The molecule has 2 rings (SSSR count). The van der Waals surface area contributed by atoms with Crippen molar-refractivity contribution in [2.24, 2.45) is 5.92 Å². The van der Waals surface area contributed by atoms with Gasteiger partial charge >= 0.3 is 0 Å². The minimum atomic E-state index is -3.41. The fourth-order valence-corrected chi connectivity index (χ4v) is 4.95. The molecule has 0 saturated carbocycles. The van der Waals surface area contributed by atoms with Gasteiger partial charge in [-0.2, -0.15) is 17.0 Å². The van der Waals surface area contributed by atoms with Crippen LogP contribution in [0, 0.1) is 5.92 Å². The Balaban J connectivity index is 1.90. The number of carbonyl (C=O) groups excluding carboxylic acids is 1. The monoisotopic (exact) mass is 346 g/mol. The van der Waals surface area contributed by atoms with Gasteiger partial charge < -0.3 is 10.2 Å². The molecule has 0 spiro atoms. The number of piperidine rings is 2. The van der Waals surface area contributed by atoms with Crippen LogP contribution in [0.1, 0.15) is 32.1 Å². The van der Waals surface area contributed by atoms with E-state index in [-0.39, 0.29) is 11.8 Å². The second-order valence-electron chi connectivity index (χ2n) is 6.76. The van der Waals surface area contributed by atoms with Gasteiger partial charge in [0.2, 0.25) is 5.91 Å². The van der Waals surface area contributed by atoms with Crippen molar-refractivity contribution in [1.29, 1.82) is 0 Å². The topological polar surface area (TPSA) is 73.0 Å². The summed E-state index contributed by atoms with van der Waals surface area (Å²) in [6.07, 6.45) is 4.48. The average molecular weight is 346 g/mol. The zero-order chi connectivity index (χ0) is 16.9. The molecule has 0 aromatic rings. The fraction of sp³-hybridized carbons (Fsp3) is 0.933. The van der Waals surface area contributed by atoms with Crippen LogP contribution in [-0.4, -0.2) is 81.2 Å². The van der Waals surface area contributed by atoms with Gasteiger partial charge in [-0.3, -0.25) is 4.79 Å². The first-order valence-corrected chi connectivity index (χ1v) is 9.98. The number of likely N-dealkylation sites (N-methyl/N-ethyl adjacent to an activating group) is 1. The van der Waals surface area contributed by atoms with Crippen LogP contribution >= 0.6 is 0 Å². The largest absolute Gasteiger partial charge is 0.355 e. The number of hydrogen-bond donors (Lipinski definition) is 1. The van der Waals surface area contributed by atoms with Crippen LogP contribution < -0.4 is 5.32 Å². The number of nitrogens with one attached hydrogen (secondary N) is 1. The zero-order valence-corrected chi connectivity index (χ0v) is 15.1. The third-order valence-electron chi connectivity index (χ3n) is 4.58. The first-order valence-electron chi connectivity index (χ1n) is 8.59. The summed E-state index contributed by atoms with van der Waals surface area (Å²) in [4.78, 5) is 14.3. The highest BCUT2D eigenvalue weighted by molar-refractivity contribution is 7.86. The summed E-state index contributed by atoms with van der Waals surface area (Å²) in [5.41, 5.74) is 0. The van der Waals surface area contributed by atoms with Crippen molar-refractivity contribution in [3.05, 3.63) is 0 Å². The van der Waals surface area contributed by atoms with E-state index in [1.165, 1.54) is 4.31 Å². The van der Waals surface area contributed by atoms with E-state index in [4.69, 9.17) is 0 Å². The standard InChI is InChI=1S/C15H30N4O3S/c1-17(2)12-8-16-15(20)14-7-6-11-19(13-14)23(21,22)18-9-4-3-5-10-18/h14H,3-13H2,1-2H3,(H,16,20)/t14-/m1/s1. The maximum atomic E-state index is 12.7. The second-order valence-corrected chi connectivity index (χ2v) is 8.69. The van der Waals surface area contributed by atoms with Gasteiger partial charge in [-0.05, 0) is 39.8 Å². The molecule has 7 nitrogen and oxygen atoms in total. The maximum Gasteiger partial charge on any atom is 0.281 e. The van der Waals surface area contributed by atoms with Gasteiger partial charge in [-0.25, -0.2) is 0 Å². The lowest BCUT2D eigenvalue weighted by molar-refractivity contribution is -0.126. The quantitative estimate of drug-likeness (QED) is 0.741. The second kappa shape index (κ2) is 8.41. The molecule has 2 fully saturated rings. The normalized spacial score (nSPS) is 24.7. The Labute approximate surface area is 140 Å². The lowest BCUT2D eigenvalue weighted by atomic mass is 9.99. The van der Waals surface area contributed by atoms with Crippen molar-refractivity contribution in [3.63, 3.8) is 0 Å². The minimum Gasteiger partial charge on any atom is -0.355 e. The van der Waals surface area contributed by atoms with Gasteiger partial charge in [0.1, 0.15) is 0 Å². The highest BCUT2D eigenvalue weighted by Crippen LogP contribution is 2.23. The number of carbonyl (C=O) groups is 1. The van der Waals surface area contributed by atoms with Crippen molar-refractivity contribution >= 4 is 16.1 Å². The van der Waals surface area contributed by atoms with Crippen LogP contribution in [0.25, 0.3) is 0 Å². The van der Waals surface area contributed by atoms with E-state index in [1.807, 2.05) is 19.0 Å². The number of rotatable bonds is 6. The lowest BCUT2D eigenvalue weighted by Crippen LogP contribution is -2.51. The van der Waals surface area contributed by atoms with Crippen LogP contribution in [0.4, 0.5) is 0 Å². The van der Waals surface area contributed by atoms with E-state index in [9.17, 15) is 13.2 Å². The van der Waals surface area contributed by atoms with Crippen LogP contribution in [0.3, 0.4) is 0 Å². The molecule has 0 unspecified atom stereocenters. The molecule has 0 aliphatic carbocycles. The molecule has 0 radical (unpaired) electrons. The molecule has 1 atom stereocenters. The predicted molar refractivity (Wildman–Crippen MR) is 90.2 cm³/mol. The SMILES string of the molecule is CN(C)CCNC(=O)[C@@H]1CCCN(S(=O)(=O)N2CCCCC2)C1. The van der Waals surface area contributed by atoms with Gasteiger partial charge in [0, 0.05) is 39.3 Å². The Morgan fingerprint density at radius 2 is 1.74 bits per heavy atom. The molecule has 2 aliphatic heterocycles. The van der Waals surface area contributed by atoms with E-state index in [2.05, 4.69) is 5.32 Å². The molecule has 1 N–H and O–H groups in total. The van der Waals surface area contributed by atoms with Crippen LogP contribution in [0.5, 0.6) is 0 Å². The summed E-state index contributed by atoms with van der Waals surface area (Å²) in [6, 6.07) is 0. The first-order chi connectivity index (χ1) is 10.9. The number of hydrogen-bond acceptors (Lipinski definition) is 4. The van der Waals surface area contributed by atoms with E-state index >= 15 is 0 Å². The van der Waals surface area contributed by atoms with Gasteiger partial charge in [0.05, 0.1) is 5.92 Å². The molecule has 134 valence electrons. The van der Waals surface area contributed by atoms with E-state index in [1.54, 1.807) is 4.31 Å². The van der Waals surface area contributed by atoms with Crippen molar-refractivity contribution < 1.29 is 13.2 Å². The summed E-state index contributed by atoms with van der Waals surface area (Å²) in [7, 11) is 0.509. The molecular weight excluding hydrogens is 316 g/mol. The van der Waals surface area contributed by atoms with Gasteiger partial charge in [-0.1, -0.05) is 6.42 Å². The van der Waals surface area contributed by atoms with Crippen molar-refractivity contribution in [3.8, 4) is 0 Å². The summed E-state index contributed by atoms with van der Waals surface area (Å²) in [5.74, 6) is -0.254. The summed E-state index contributed by atoms with van der Waals surface area (Å²) in [5, 5.41) is 2.92. The Bertz CT molecular complexity index is 489. The Morgan fingerprint density at radius 3 is 2.39 bits per heavy atom.